The van der Waals surface area contributed by atoms with Gasteiger partial charge in [0, 0.05) is 6.42 Å². The topological polar surface area (TPSA) is 175 Å². The molecular weight excluding hydrogens is 967 g/mol. The predicted octanol–water partition coefficient (Wildman–Crippen LogP) is 14.9. The third-order valence-electron chi connectivity index (χ3n) is 14.4. The number of ether oxygens (including phenoxy) is 3. The molecule has 11 heteroatoms. The maximum absolute atomic E-state index is 13.4. The highest BCUT2D eigenvalue weighted by atomic mass is 16.7. The number of carbonyl (C=O) groups excluding carboxylic acids is 2. The van der Waals surface area contributed by atoms with Crippen LogP contribution in [0.2, 0.25) is 0 Å². The van der Waals surface area contributed by atoms with E-state index in [4.69, 9.17) is 14.2 Å². The van der Waals surface area contributed by atoms with Gasteiger partial charge in [-0.05, 0) is 70.6 Å². The van der Waals surface area contributed by atoms with E-state index in [2.05, 4.69) is 44.3 Å². The van der Waals surface area contributed by atoms with E-state index in [1.54, 1.807) is 6.08 Å². The maximum Gasteiger partial charge on any atom is 0.306 e. The number of carbonyl (C=O) groups is 2. The van der Waals surface area contributed by atoms with Crippen LogP contribution in [0.1, 0.15) is 258 Å². The molecule has 1 fully saturated rings. The molecule has 1 rings (SSSR count). The first-order valence-electron chi connectivity index (χ1n) is 31.4. The summed E-state index contributed by atoms with van der Waals surface area (Å²) >= 11 is 0. The van der Waals surface area contributed by atoms with E-state index < -0.39 is 67.4 Å². The molecule has 1 saturated heterocycles. The fourth-order valence-corrected chi connectivity index (χ4v) is 9.43. The largest absolute Gasteiger partial charge is 0.454 e. The molecule has 8 unspecified atom stereocenters. The van der Waals surface area contributed by atoms with Gasteiger partial charge in [-0.15, -0.1) is 0 Å². The fourth-order valence-electron chi connectivity index (χ4n) is 9.43. The Morgan fingerprint density at radius 2 is 0.948 bits per heavy atom. The number of amides is 1. The van der Waals surface area contributed by atoms with Gasteiger partial charge in [0.1, 0.15) is 24.4 Å². The van der Waals surface area contributed by atoms with Crippen LogP contribution in [0.4, 0.5) is 0 Å². The number of aliphatic hydroxyl groups is 5. The monoisotopic (exact) mass is 1080 g/mol. The first kappa shape index (κ1) is 71.9. The van der Waals surface area contributed by atoms with Crippen molar-refractivity contribution in [2.24, 2.45) is 0 Å². The predicted molar refractivity (Wildman–Crippen MR) is 319 cm³/mol. The van der Waals surface area contributed by atoms with E-state index >= 15 is 0 Å². The Balaban J connectivity index is 2.63. The number of allylic oxidation sites excluding steroid dienone is 13. The quantitative estimate of drug-likeness (QED) is 0.0149. The summed E-state index contributed by atoms with van der Waals surface area (Å²) in [7, 11) is 0. The molecule has 1 aliphatic rings. The van der Waals surface area contributed by atoms with Crippen molar-refractivity contribution in [3.05, 3.63) is 85.1 Å². The average Bonchev–Trinajstić information content (AvgIpc) is 3.43. The summed E-state index contributed by atoms with van der Waals surface area (Å²) in [5.74, 6) is -1.24. The van der Waals surface area contributed by atoms with E-state index in [0.717, 1.165) is 64.2 Å². The zero-order valence-corrected chi connectivity index (χ0v) is 49.1. The van der Waals surface area contributed by atoms with E-state index in [1.165, 1.54) is 148 Å². The average molecular weight is 1080 g/mol. The molecule has 8 atom stereocenters. The molecule has 6 N–H and O–H groups in total. The third-order valence-corrected chi connectivity index (χ3v) is 14.4. The van der Waals surface area contributed by atoms with E-state index in [0.29, 0.717) is 12.8 Å². The van der Waals surface area contributed by atoms with Gasteiger partial charge in [-0.1, -0.05) is 266 Å². The molecule has 0 bridgehead atoms. The van der Waals surface area contributed by atoms with Crippen LogP contribution in [0.5, 0.6) is 0 Å². The van der Waals surface area contributed by atoms with Crippen LogP contribution < -0.4 is 5.32 Å². The van der Waals surface area contributed by atoms with Crippen LogP contribution in [0, 0.1) is 0 Å². The Morgan fingerprint density at radius 1 is 0.519 bits per heavy atom. The van der Waals surface area contributed by atoms with Crippen molar-refractivity contribution in [1.29, 1.82) is 0 Å². The minimum atomic E-state index is -1.62. The Labute approximate surface area is 470 Å². The van der Waals surface area contributed by atoms with Crippen LogP contribution in [0.3, 0.4) is 0 Å². The molecule has 77 heavy (non-hydrogen) atoms. The van der Waals surface area contributed by atoms with Gasteiger partial charge < -0.3 is 45.1 Å². The molecule has 0 aliphatic carbocycles. The van der Waals surface area contributed by atoms with E-state index in [1.807, 2.05) is 60.8 Å². The minimum absolute atomic E-state index is 0.116. The van der Waals surface area contributed by atoms with Gasteiger partial charge in [0.15, 0.2) is 12.4 Å². The molecule has 0 aromatic rings. The molecule has 1 amide bonds. The molecule has 11 nitrogen and oxygen atoms in total. The van der Waals surface area contributed by atoms with Crippen molar-refractivity contribution in [1.82, 2.24) is 5.32 Å². The van der Waals surface area contributed by atoms with Crippen LogP contribution in [-0.4, -0.2) is 99.6 Å². The van der Waals surface area contributed by atoms with E-state index in [-0.39, 0.29) is 19.4 Å². The number of unbranched alkanes of at least 4 members (excludes halogenated alkanes) is 30. The first-order chi connectivity index (χ1) is 37.7. The van der Waals surface area contributed by atoms with Gasteiger partial charge in [0.25, 0.3) is 0 Å². The molecule has 0 spiro atoms. The Hall–Kier alpha value is -3.16. The Morgan fingerprint density at radius 3 is 1.44 bits per heavy atom. The van der Waals surface area contributed by atoms with Crippen LogP contribution >= 0.6 is 0 Å². The standard InChI is InChI=1S/C66H115NO10/c1-4-7-10-13-16-19-22-24-26-27-28-29-30-31-32-33-34-36-39-42-45-48-51-54-61(71)77-64-63(73)62(72)60(55-68)76-66(64)75-56-57(58(69)52-49-46-43-40-37-21-18-15-12-9-6-3)67-65(74)59(70)53-50-47-44-41-38-35-25-23-20-17-14-11-8-5-2/h8,11,14,17,20,23-26,35,38,41,49,52,57-60,62-64,66,68-70,72-73H,4-7,9-10,12-13,15-16,18-19,21-22,27-34,36-37,39-40,42-48,50-51,53-56H2,1-3H3,(H,67,74)/b11-8+,17-14+,23-20-,26-24+,35-25-,41-38+,52-49+. The van der Waals surface area contributed by atoms with Crippen LogP contribution in [-0.2, 0) is 23.8 Å². The summed E-state index contributed by atoms with van der Waals surface area (Å²) in [6, 6.07) is -1.05. The molecule has 444 valence electrons. The zero-order valence-electron chi connectivity index (χ0n) is 49.1. The third kappa shape index (κ3) is 41.5. The summed E-state index contributed by atoms with van der Waals surface area (Å²) < 4.78 is 17.6. The highest BCUT2D eigenvalue weighted by Crippen LogP contribution is 2.26. The number of nitrogens with one attached hydrogen (secondary N) is 1. The number of hydrogen-bond acceptors (Lipinski definition) is 10. The summed E-state index contributed by atoms with van der Waals surface area (Å²) in [6.45, 7) is 5.61. The molecule has 0 aromatic heterocycles. The molecule has 1 aliphatic heterocycles. The van der Waals surface area contributed by atoms with Gasteiger partial charge >= 0.3 is 5.97 Å². The van der Waals surface area contributed by atoms with Crippen molar-refractivity contribution in [2.75, 3.05) is 13.2 Å². The van der Waals surface area contributed by atoms with Crippen molar-refractivity contribution in [2.45, 2.75) is 307 Å². The molecule has 0 aromatic carbocycles. The lowest BCUT2D eigenvalue weighted by atomic mass is 9.99. The van der Waals surface area contributed by atoms with Gasteiger partial charge in [0.05, 0.1) is 25.4 Å². The minimum Gasteiger partial charge on any atom is -0.454 e. The van der Waals surface area contributed by atoms with Gasteiger partial charge in [-0.3, -0.25) is 9.59 Å². The summed E-state index contributed by atoms with van der Waals surface area (Å²) in [5.41, 5.74) is 0. The first-order valence-corrected chi connectivity index (χ1v) is 31.4. The Bertz CT molecular complexity index is 1570. The van der Waals surface area contributed by atoms with Crippen molar-refractivity contribution in [3.8, 4) is 0 Å². The lowest BCUT2D eigenvalue weighted by Gasteiger charge is -2.41. The Kier molecular flexibility index (Phi) is 49.9. The smallest absolute Gasteiger partial charge is 0.306 e. The van der Waals surface area contributed by atoms with Gasteiger partial charge in [-0.2, -0.15) is 0 Å². The molecule has 1 heterocycles. The van der Waals surface area contributed by atoms with Crippen molar-refractivity contribution < 1.29 is 49.3 Å². The lowest BCUT2D eigenvalue weighted by Crippen LogP contribution is -2.61. The maximum atomic E-state index is 13.4. The molecular formula is C66H115NO10. The highest BCUT2D eigenvalue weighted by molar-refractivity contribution is 5.80. The second kappa shape index (κ2) is 53.5. The fraction of sp³-hybridized carbons (Fsp3) is 0.758. The van der Waals surface area contributed by atoms with Crippen LogP contribution in [0.25, 0.3) is 0 Å². The zero-order chi connectivity index (χ0) is 56.1. The highest BCUT2D eigenvalue weighted by Gasteiger charge is 2.47. The SMILES string of the molecule is CC/C=C/C=C/C=C\C=C/C=C/CCCCC(O)C(=O)NC(COC1OC(CO)C(O)C(O)C1OC(=O)CCCCCCCCCCCCCCC/C=C/CCCCCCCC)C(O)/C=C/CCCCCCCCCCC. The number of rotatable bonds is 52. The van der Waals surface area contributed by atoms with E-state index in [9.17, 15) is 35.1 Å². The summed E-state index contributed by atoms with van der Waals surface area (Å²) in [6.07, 6.45) is 59.2. The van der Waals surface area contributed by atoms with Crippen molar-refractivity contribution >= 4 is 11.9 Å². The second-order valence-electron chi connectivity index (χ2n) is 21.5. The second-order valence-corrected chi connectivity index (χ2v) is 21.5. The number of aliphatic hydroxyl groups excluding tert-OH is 5. The molecule has 0 radical (unpaired) electrons. The van der Waals surface area contributed by atoms with Crippen molar-refractivity contribution in [3.63, 3.8) is 0 Å². The summed E-state index contributed by atoms with van der Waals surface area (Å²) in [5, 5.41) is 56.9. The number of esters is 1. The molecule has 0 saturated carbocycles. The van der Waals surface area contributed by atoms with Gasteiger partial charge in [0.2, 0.25) is 5.91 Å². The summed E-state index contributed by atoms with van der Waals surface area (Å²) in [4.78, 5) is 26.5. The van der Waals surface area contributed by atoms with Crippen LogP contribution in [0.15, 0.2) is 85.1 Å². The lowest BCUT2D eigenvalue weighted by molar-refractivity contribution is -0.305. The number of hydrogen-bond donors (Lipinski definition) is 6. The normalized spacial score (nSPS) is 19.6. The van der Waals surface area contributed by atoms with Gasteiger partial charge in [-0.25, -0.2) is 0 Å².